The minimum Gasteiger partial charge on any atom is -0.298 e. The van der Waals surface area contributed by atoms with Gasteiger partial charge >= 0.3 is 0 Å². The van der Waals surface area contributed by atoms with E-state index in [1.165, 1.54) is 10.9 Å². The van der Waals surface area contributed by atoms with Crippen LogP contribution in [0.25, 0.3) is 10.9 Å². The summed E-state index contributed by atoms with van der Waals surface area (Å²) in [5.41, 5.74) is 2.39. The number of pyridine rings is 1. The summed E-state index contributed by atoms with van der Waals surface area (Å²) >= 11 is 5.86. The number of alkyl halides is 1. The Balaban J connectivity index is 2.24. The summed E-state index contributed by atoms with van der Waals surface area (Å²) in [4.78, 5) is 6.88. The first-order chi connectivity index (χ1) is 8.85. The largest absolute Gasteiger partial charge is 0.298 e. The number of hydrogen-bond acceptors (Lipinski definition) is 2. The van der Waals surface area contributed by atoms with Crippen LogP contribution in [0.1, 0.15) is 18.9 Å². The first-order valence-electron chi connectivity index (χ1n) is 6.46. The second-order valence-electron chi connectivity index (χ2n) is 4.46. The molecule has 0 aliphatic carbocycles. The van der Waals surface area contributed by atoms with Crippen LogP contribution < -0.4 is 0 Å². The van der Waals surface area contributed by atoms with Gasteiger partial charge in [-0.15, -0.1) is 11.6 Å². The number of fused-ring (bicyclic) bond motifs is 1. The number of para-hydroxylation sites is 1. The molecule has 1 aromatic heterocycles. The van der Waals surface area contributed by atoms with Crippen molar-refractivity contribution in [2.45, 2.75) is 19.9 Å². The quantitative estimate of drug-likeness (QED) is 0.738. The van der Waals surface area contributed by atoms with Crippen molar-refractivity contribution in [1.82, 2.24) is 9.88 Å². The number of benzene rings is 1. The van der Waals surface area contributed by atoms with Crippen LogP contribution in [0.3, 0.4) is 0 Å². The third-order valence-electron chi connectivity index (χ3n) is 3.05. The SMILES string of the molecule is CCCN(CCCl)Cc1cccc2cccnc12. The van der Waals surface area contributed by atoms with Gasteiger partial charge in [0.2, 0.25) is 0 Å². The zero-order valence-electron chi connectivity index (χ0n) is 10.8. The van der Waals surface area contributed by atoms with Gasteiger partial charge in [-0.1, -0.05) is 31.2 Å². The second-order valence-corrected chi connectivity index (χ2v) is 4.84. The molecule has 0 saturated heterocycles. The van der Waals surface area contributed by atoms with Crippen molar-refractivity contribution < 1.29 is 0 Å². The van der Waals surface area contributed by atoms with Crippen LogP contribution >= 0.6 is 11.6 Å². The number of rotatable bonds is 6. The lowest BCUT2D eigenvalue weighted by molar-refractivity contribution is 0.283. The van der Waals surface area contributed by atoms with Crippen LogP contribution in [-0.4, -0.2) is 28.9 Å². The summed E-state index contributed by atoms with van der Waals surface area (Å²) in [6.45, 7) is 5.13. The molecule has 0 aliphatic rings. The standard InChI is InChI=1S/C15H19ClN2/c1-2-10-18(11-8-16)12-14-6-3-5-13-7-4-9-17-15(13)14/h3-7,9H,2,8,10-12H2,1H3. The molecule has 18 heavy (non-hydrogen) atoms. The molecular weight excluding hydrogens is 244 g/mol. The fourth-order valence-corrected chi connectivity index (χ4v) is 2.48. The smallest absolute Gasteiger partial charge is 0.0746 e. The van der Waals surface area contributed by atoms with E-state index in [2.05, 4.69) is 41.1 Å². The molecular formula is C15H19ClN2. The molecule has 3 heteroatoms. The molecule has 0 N–H and O–H groups in total. The van der Waals surface area contributed by atoms with Gasteiger partial charge < -0.3 is 0 Å². The van der Waals surface area contributed by atoms with Gasteiger partial charge in [-0.2, -0.15) is 0 Å². The zero-order valence-corrected chi connectivity index (χ0v) is 11.5. The summed E-state index contributed by atoms with van der Waals surface area (Å²) in [7, 11) is 0. The highest BCUT2D eigenvalue weighted by Gasteiger charge is 2.07. The molecule has 96 valence electrons. The highest BCUT2D eigenvalue weighted by atomic mass is 35.5. The first kappa shape index (κ1) is 13.3. The fourth-order valence-electron chi connectivity index (χ4n) is 2.24. The summed E-state index contributed by atoms with van der Waals surface area (Å²) in [6, 6.07) is 10.5. The molecule has 2 aromatic rings. The van der Waals surface area contributed by atoms with Gasteiger partial charge in [0.05, 0.1) is 5.52 Å². The summed E-state index contributed by atoms with van der Waals surface area (Å²) in [5, 5.41) is 1.21. The van der Waals surface area contributed by atoms with E-state index in [0.717, 1.165) is 31.6 Å². The lowest BCUT2D eigenvalue weighted by atomic mass is 10.1. The lowest BCUT2D eigenvalue weighted by Crippen LogP contribution is -2.26. The van der Waals surface area contributed by atoms with Gasteiger partial charge in [-0.3, -0.25) is 9.88 Å². The molecule has 2 rings (SSSR count). The maximum absolute atomic E-state index is 5.86. The van der Waals surface area contributed by atoms with E-state index >= 15 is 0 Å². The fraction of sp³-hybridized carbons (Fsp3) is 0.400. The van der Waals surface area contributed by atoms with Crippen molar-refractivity contribution >= 4 is 22.5 Å². The molecule has 1 aromatic carbocycles. The van der Waals surface area contributed by atoms with Crippen molar-refractivity contribution in [3.05, 3.63) is 42.1 Å². The molecule has 0 radical (unpaired) electrons. The van der Waals surface area contributed by atoms with Crippen LogP contribution in [0.5, 0.6) is 0 Å². The van der Waals surface area contributed by atoms with Gasteiger partial charge in [-0.05, 0) is 24.6 Å². The Labute approximate surface area is 114 Å². The predicted molar refractivity (Wildman–Crippen MR) is 78.0 cm³/mol. The van der Waals surface area contributed by atoms with E-state index in [0.29, 0.717) is 5.88 Å². The Morgan fingerprint density at radius 1 is 1.17 bits per heavy atom. The Bertz CT molecular complexity index is 487. The van der Waals surface area contributed by atoms with E-state index in [1.54, 1.807) is 0 Å². The average Bonchev–Trinajstić information content (AvgIpc) is 2.40. The van der Waals surface area contributed by atoms with Crippen LogP contribution in [0.2, 0.25) is 0 Å². The molecule has 0 aliphatic heterocycles. The summed E-state index contributed by atoms with van der Waals surface area (Å²) in [5.74, 6) is 0.679. The zero-order chi connectivity index (χ0) is 12.8. The van der Waals surface area contributed by atoms with E-state index in [9.17, 15) is 0 Å². The van der Waals surface area contributed by atoms with Crippen LogP contribution in [0, 0.1) is 0 Å². The van der Waals surface area contributed by atoms with Crippen molar-refractivity contribution in [2.75, 3.05) is 19.0 Å². The van der Waals surface area contributed by atoms with E-state index < -0.39 is 0 Å². The number of nitrogens with zero attached hydrogens (tertiary/aromatic N) is 2. The molecule has 0 fully saturated rings. The number of aromatic nitrogens is 1. The molecule has 0 atom stereocenters. The third-order valence-corrected chi connectivity index (χ3v) is 3.22. The van der Waals surface area contributed by atoms with Crippen molar-refractivity contribution in [3.8, 4) is 0 Å². The van der Waals surface area contributed by atoms with E-state index in [1.807, 2.05) is 12.3 Å². The topological polar surface area (TPSA) is 16.1 Å². The number of halogens is 1. The first-order valence-corrected chi connectivity index (χ1v) is 6.99. The van der Waals surface area contributed by atoms with E-state index in [-0.39, 0.29) is 0 Å². The van der Waals surface area contributed by atoms with Crippen molar-refractivity contribution in [1.29, 1.82) is 0 Å². The molecule has 0 spiro atoms. The molecule has 2 nitrogen and oxygen atoms in total. The van der Waals surface area contributed by atoms with Crippen LogP contribution in [-0.2, 0) is 6.54 Å². The predicted octanol–water partition coefficient (Wildman–Crippen LogP) is 3.69. The maximum atomic E-state index is 5.86. The monoisotopic (exact) mass is 262 g/mol. The van der Waals surface area contributed by atoms with Crippen molar-refractivity contribution in [2.24, 2.45) is 0 Å². The van der Waals surface area contributed by atoms with E-state index in [4.69, 9.17) is 11.6 Å². The molecule has 0 amide bonds. The Kier molecular flexibility index (Phi) is 4.97. The average molecular weight is 263 g/mol. The highest BCUT2D eigenvalue weighted by molar-refractivity contribution is 6.18. The Morgan fingerprint density at radius 2 is 2.00 bits per heavy atom. The van der Waals surface area contributed by atoms with Gasteiger partial charge in [0.15, 0.2) is 0 Å². The van der Waals surface area contributed by atoms with Gasteiger partial charge in [0, 0.05) is 30.6 Å². The third kappa shape index (κ3) is 3.21. The summed E-state index contributed by atoms with van der Waals surface area (Å²) < 4.78 is 0. The Hall–Kier alpha value is -1.12. The maximum Gasteiger partial charge on any atom is 0.0746 e. The van der Waals surface area contributed by atoms with Gasteiger partial charge in [0.1, 0.15) is 0 Å². The molecule has 0 saturated carbocycles. The highest BCUT2D eigenvalue weighted by Crippen LogP contribution is 2.17. The summed E-state index contributed by atoms with van der Waals surface area (Å²) in [6.07, 6.45) is 3.01. The minimum absolute atomic E-state index is 0.679. The van der Waals surface area contributed by atoms with Crippen molar-refractivity contribution in [3.63, 3.8) is 0 Å². The number of hydrogen-bond donors (Lipinski definition) is 0. The minimum atomic E-state index is 0.679. The van der Waals surface area contributed by atoms with Crippen LogP contribution in [0.15, 0.2) is 36.5 Å². The normalized spacial score (nSPS) is 11.3. The Morgan fingerprint density at radius 3 is 2.78 bits per heavy atom. The second kappa shape index (κ2) is 6.72. The molecule has 0 unspecified atom stereocenters. The molecule has 1 heterocycles. The van der Waals surface area contributed by atoms with Gasteiger partial charge in [-0.25, -0.2) is 0 Å². The molecule has 0 bridgehead atoms. The van der Waals surface area contributed by atoms with Gasteiger partial charge in [0.25, 0.3) is 0 Å². The lowest BCUT2D eigenvalue weighted by Gasteiger charge is -2.21. The van der Waals surface area contributed by atoms with Crippen LogP contribution in [0.4, 0.5) is 0 Å².